The van der Waals surface area contributed by atoms with Crippen molar-refractivity contribution in [2.45, 2.75) is 32.2 Å². The minimum atomic E-state index is -0.00655. The number of allylic oxidation sites excluding steroid dienone is 1. The van der Waals surface area contributed by atoms with Crippen molar-refractivity contribution in [2.75, 3.05) is 0 Å². The van der Waals surface area contributed by atoms with Crippen molar-refractivity contribution in [3.8, 4) is 5.82 Å². The zero-order valence-corrected chi connectivity index (χ0v) is 15.5. The van der Waals surface area contributed by atoms with E-state index in [9.17, 15) is 4.79 Å². The SMILES string of the molecule is Cc1nn(-c2ccccn2)c(C)c1[C@@H]1C=C[C@@H](NC(=O)c2cccs2)C1. The summed E-state index contributed by atoms with van der Waals surface area (Å²) in [6, 6.07) is 9.61. The largest absolute Gasteiger partial charge is 0.345 e. The first-order valence-corrected chi connectivity index (χ1v) is 9.51. The third-order valence-electron chi connectivity index (χ3n) is 4.73. The molecule has 0 fully saturated rings. The van der Waals surface area contributed by atoms with E-state index in [1.807, 2.05) is 47.3 Å². The van der Waals surface area contributed by atoms with Gasteiger partial charge in [-0.1, -0.05) is 24.3 Å². The van der Waals surface area contributed by atoms with Gasteiger partial charge in [-0.25, -0.2) is 9.67 Å². The molecule has 0 radical (unpaired) electrons. The number of aryl methyl sites for hydroxylation is 1. The van der Waals surface area contributed by atoms with E-state index in [0.29, 0.717) is 0 Å². The highest BCUT2D eigenvalue weighted by Crippen LogP contribution is 2.33. The Labute approximate surface area is 156 Å². The molecule has 0 aromatic carbocycles. The highest BCUT2D eigenvalue weighted by molar-refractivity contribution is 7.12. The van der Waals surface area contributed by atoms with Crippen LogP contribution in [0.25, 0.3) is 5.82 Å². The van der Waals surface area contributed by atoms with E-state index in [-0.39, 0.29) is 17.9 Å². The van der Waals surface area contributed by atoms with E-state index in [1.54, 1.807) is 6.20 Å². The number of hydrogen-bond acceptors (Lipinski definition) is 4. The Hall–Kier alpha value is -2.73. The molecule has 6 heteroatoms. The first kappa shape index (κ1) is 16.7. The number of carbonyl (C=O) groups is 1. The van der Waals surface area contributed by atoms with Crippen molar-refractivity contribution in [3.63, 3.8) is 0 Å². The lowest BCUT2D eigenvalue weighted by Gasteiger charge is -2.14. The minimum absolute atomic E-state index is 0.00655. The zero-order valence-electron chi connectivity index (χ0n) is 14.7. The van der Waals surface area contributed by atoms with Gasteiger partial charge in [0, 0.05) is 29.4 Å². The van der Waals surface area contributed by atoms with Gasteiger partial charge in [0.15, 0.2) is 5.82 Å². The zero-order chi connectivity index (χ0) is 18.1. The van der Waals surface area contributed by atoms with Gasteiger partial charge in [0.25, 0.3) is 5.91 Å². The van der Waals surface area contributed by atoms with Crippen LogP contribution in [0.2, 0.25) is 0 Å². The standard InChI is InChI=1S/C20H20N4OS/c1-13-19(14(2)24(23-13)18-7-3-4-10-21-18)15-8-9-16(12-15)22-20(25)17-6-5-11-26-17/h3-11,15-16H,12H2,1-2H3,(H,22,25)/t15-,16-/m1/s1. The summed E-state index contributed by atoms with van der Waals surface area (Å²) < 4.78 is 1.90. The summed E-state index contributed by atoms with van der Waals surface area (Å²) in [5.74, 6) is 1.07. The van der Waals surface area contributed by atoms with E-state index in [4.69, 9.17) is 0 Å². The maximum absolute atomic E-state index is 12.3. The molecular weight excluding hydrogens is 344 g/mol. The summed E-state index contributed by atoms with van der Waals surface area (Å²) >= 11 is 1.46. The lowest BCUT2D eigenvalue weighted by Crippen LogP contribution is -2.32. The Morgan fingerprint density at radius 1 is 1.23 bits per heavy atom. The molecule has 2 atom stereocenters. The maximum atomic E-state index is 12.3. The lowest BCUT2D eigenvalue weighted by atomic mass is 9.96. The molecule has 26 heavy (non-hydrogen) atoms. The fourth-order valence-corrected chi connectivity index (χ4v) is 4.19. The van der Waals surface area contributed by atoms with Crippen LogP contribution in [0.1, 0.15) is 39.0 Å². The minimum Gasteiger partial charge on any atom is -0.345 e. The molecule has 0 saturated heterocycles. The molecule has 1 aliphatic carbocycles. The number of thiophene rings is 1. The number of amides is 1. The molecule has 3 heterocycles. The first-order valence-electron chi connectivity index (χ1n) is 8.63. The maximum Gasteiger partial charge on any atom is 0.261 e. The van der Waals surface area contributed by atoms with E-state index < -0.39 is 0 Å². The molecule has 3 aromatic heterocycles. The van der Waals surface area contributed by atoms with Gasteiger partial charge in [0.2, 0.25) is 0 Å². The number of nitrogens with zero attached hydrogens (tertiary/aromatic N) is 3. The highest BCUT2D eigenvalue weighted by Gasteiger charge is 2.27. The van der Waals surface area contributed by atoms with E-state index in [0.717, 1.165) is 28.5 Å². The number of nitrogens with one attached hydrogen (secondary N) is 1. The molecule has 4 rings (SSSR count). The van der Waals surface area contributed by atoms with Gasteiger partial charge in [-0.15, -0.1) is 11.3 Å². The summed E-state index contributed by atoms with van der Waals surface area (Å²) in [5, 5.41) is 9.71. The van der Waals surface area contributed by atoms with Crippen LogP contribution in [0.3, 0.4) is 0 Å². The summed E-state index contributed by atoms with van der Waals surface area (Å²) in [5.41, 5.74) is 3.33. The summed E-state index contributed by atoms with van der Waals surface area (Å²) in [6.07, 6.45) is 6.90. The fraction of sp³-hybridized carbons (Fsp3) is 0.250. The van der Waals surface area contributed by atoms with E-state index in [2.05, 4.69) is 34.5 Å². The number of pyridine rings is 1. The molecule has 0 spiro atoms. The number of carbonyl (C=O) groups excluding carboxylic acids is 1. The van der Waals surface area contributed by atoms with Crippen molar-refractivity contribution in [2.24, 2.45) is 0 Å². The lowest BCUT2D eigenvalue weighted by molar-refractivity contribution is 0.0948. The highest BCUT2D eigenvalue weighted by atomic mass is 32.1. The predicted octanol–water partition coefficient (Wildman–Crippen LogP) is 3.79. The molecule has 1 amide bonds. The van der Waals surface area contributed by atoms with Crippen molar-refractivity contribution in [1.29, 1.82) is 0 Å². The van der Waals surface area contributed by atoms with E-state index >= 15 is 0 Å². The molecule has 1 N–H and O–H groups in total. The molecular formula is C20H20N4OS. The van der Waals surface area contributed by atoms with Crippen molar-refractivity contribution in [1.82, 2.24) is 20.1 Å². The summed E-state index contributed by atoms with van der Waals surface area (Å²) in [6.45, 7) is 4.11. The number of rotatable bonds is 4. The van der Waals surface area contributed by atoms with Gasteiger partial charge in [-0.3, -0.25) is 4.79 Å². The Kier molecular flexibility index (Phi) is 4.42. The number of hydrogen-bond donors (Lipinski definition) is 1. The summed E-state index contributed by atoms with van der Waals surface area (Å²) in [4.78, 5) is 17.4. The molecule has 5 nitrogen and oxygen atoms in total. The van der Waals surface area contributed by atoms with Gasteiger partial charge in [-0.05, 0) is 43.8 Å². The smallest absolute Gasteiger partial charge is 0.261 e. The molecule has 0 saturated carbocycles. The molecule has 0 unspecified atom stereocenters. The second kappa shape index (κ2) is 6.88. The normalized spacial score (nSPS) is 19.0. The van der Waals surface area contributed by atoms with Crippen LogP contribution in [0, 0.1) is 13.8 Å². The third-order valence-corrected chi connectivity index (χ3v) is 5.60. The topological polar surface area (TPSA) is 59.8 Å². The Bertz CT molecular complexity index is 944. The van der Waals surface area contributed by atoms with Crippen LogP contribution in [0.5, 0.6) is 0 Å². The van der Waals surface area contributed by atoms with Crippen LogP contribution in [0.4, 0.5) is 0 Å². The van der Waals surface area contributed by atoms with Gasteiger partial charge in [0.05, 0.1) is 10.6 Å². The Balaban J connectivity index is 1.52. The van der Waals surface area contributed by atoms with Crippen LogP contribution < -0.4 is 5.32 Å². The van der Waals surface area contributed by atoms with Gasteiger partial charge >= 0.3 is 0 Å². The average Bonchev–Trinajstić information content (AvgIpc) is 3.37. The van der Waals surface area contributed by atoms with E-state index in [1.165, 1.54) is 16.9 Å². The van der Waals surface area contributed by atoms with Gasteiger partial charge in [-0.2, -0.15) is 5.10 Å². The molecule has 0 bridgehead atoms. The number of aromatic nitrogens is 3. The Morgan fingerprint density at radius 2 is 2.12 bits per heavy atom. The van der Waals surface area contributed by atoms with Crippen molar-refractivity contribution in [3.05, 3.63) is 75.9 Å². The molecule has 132 valence electrons. The second-order valence-electron chi connectivity index (χ2n) is 6.47. The molecule has 0 aliphatic heterocycles. The third kappa shape index (κ3) is 3.08. The van der Waals surface area contributed by atoms with Crippen molar-refractivity contribution < 1.29 is 4.79 Å². The van der Waals surface area contributed by atoms with Crippen molar-refractivity contribution >= 4 is 17.2 Å². The fourth-order valence-electron chi connectivity index (χ4n) is 3.56. The van der Waals surface area contributed by atoms with Crippen LogP contribution in [-0.4, -0.2) is 26.7 Å². The van der Waals surface area contributed by atoms with Crippen LogP contribution in [0.15, 0.2) is 54.1 Å². The van der Waals surface area contributed by atoms with Gasteiger partial charge < -0.3 is 5.32 Å². The Morgan fingerprint density at radius 3 is 2.85 bits per heavy atom. The second-order valence-corrected chi connectivity index (χ2v) is 7.42. The summed E-state index contributed by atoms with van der Waals surface area (Å²) in [7, 11) is 0. The first-order chi connectivity index (χ1) is 12.6. The quantitative estimate of drug-likeness (QED) is 0.717. The average molecular weight is 364 g/mol. The van der Waals surface area contributed by atoms with Crippen LogP contribution >= 0.6 is 11.3 Å². The predicted molar refractivity (Wildman–Crippen MR) is 103 cm³/mol. The monoisotopic (exact) mass is 364 g/mol. The molecule has 1 aliphatic rings. The van der Waals surface area contributed by atoms with Crippen LogP contribution in [-0.2, 0) is 0 Å². The molecule has 3 aromatic rings. The van der Waals surface area contributed by atoms with Gasteiger partial charge in [0.1, 0.15) is 0 Å².